The zero-order valence-electron chi connectivity index (χ0n) is 8.08. The van der Waals surface area contributed by atoms with Crippen LogP contribution in [-0.2, 0) is 9.59 Å². The number of rotatable bonds is 4. The number of hydrogen-bond acceptors (Lipinski definition) is 2. The number of carbonyl (C=O) groups excluding carboxylic acids is 1. The molecule has 0 heterocycles. The van der Waals surface area contributed by atoms with E-state index in [9.17, 15) is 9.59 Å². The topological polar surface area (TPSA) is 66.4 Å². The smallest absolute Gasteiger partial charge is 0.311 e. The predicted molar refractivity (Wildman–Crippen MR) is 49.7 cm³/mol. The van der Waals surface area contributed by atoms with Gasteiger partial charge in [-0.1, -0.05) is 6.42 Å². The fraction of sp³-hybridized carbons (Fsp3) is 0.800. The van der Waals surface area contributed by atoms with Gasteiger partial charge in [-0.15, -0.1) is 0 Å². The van der Waals surface area contributed by atoms with Crippen LogP contribution in [-0.4, -0.2) is 23.5 Å². The molecule has 4 nitrogen and oxygen atoms in total. The lowest BCUT2D eigenvalue weighted by Gasteiger charge is -2.24. The van der Waals surface area contributed by atoms with Crippen molar-refractivity contribution in [3.05, 3.63) is 0 Å². The van der Waals surface area contributed by atoms with Gasteiger partial charge in [-0.05, 0) is 25.7 Å². The second kappa shape index (κ2) is 3.26. The first-order chi connectivity index (χ1) is 6.64. The Labute approximate surface area is 82.7 Å². The van der Waals surface area contributed by atoms with Crippen molar-refractivity contribution in [2.45, 2.75) is 32.1 Å². The molecule has 78 valence electrons. The highest BCUT2D eigenvalue weighted by Crippen LogP contribution is 2.45. The summed E-state index contributed by atoms with van der Waals surface area (Å²) in [5.41, 5.74) is -0.626. The normalized spacial score (nSPS) is 23.7. The molecule has 0 aromatic heterocycles. The van der Waals surface area contributed by atoms with E-state index in [1.807, 2.05) is 0 Å². The van der Waals surface area contributed by atoms with E-state index in [1.54, 1.807) is 0 Å². The first-order valence-corrected chi connectivity index (χ1v) is 5.15. The summed E-state index contributed by atoms with van der Waals surface area (Å²) in [6, 6.07) is 0. The van der Waals surface area contributed by atoms with Crippen molar-refractivity contribution >= 4 is 11.9 Å². The Morgan fingerprint density at radius 1 is 1.36 bits per heavy atom. The van der Waals surface area contributed by atoms with Crippen molar-refractivity contribution in [2.24, 2.45) is 11.3 Å². The molecule has 0 bridgehead atoms. The Balaban J connectivity index is 1.76. The van der Waals surface area contributed by atoms with E-state index >= 15 is 0 Å². The second-order valence-corrected chi connectivity index (χ2v) is 4.43. The summed E-state index contributed by atoms with van der Waals surface area (Å²) in [5.74, 6) is -0.574. The molecule has 4 heteroatoms. The van der Waals surface area contributed by atoms with Crippen LogP contribution in [0.3, 0.4) is 0 Å². The van der Waals surface area contributed by atoms with Crippen molar-refractivity contribution in [1.29, 1.82) is 0 Å². The highest BCUT2D eigenvalue weighted by Gasteiger charge is 2.50. The van der Waals surface area contributed by atoms with Crippen molar-refractivity contribution in [3.8, 4) is 0 Å². The molecule has 2 saturated carbocycles. The summed E-state index contributed by atoms with van der Waals surface area (Å²) < 4.78 is 0. The van der Waals surface area contributed by atoms with Crippen LogP contribution in [0.4, 0.5) is 0 Å². The summed E-state index contributed by atoms with van der Waals surface area (Å²) in [6.45, 7) is 0.317. The average Bonchev–Trinajstić information content (AvgIpc) is 2.77. The average molecular weight is 197 g/mol. The Morgan fingerprint density at radius 2 is 2.00 bits per heavy atom. The highest BCUT2D eigenvalue weighted by atomic mass is 16.4. The number of hydrogen-bond donors (Lipinski definition) is 2. The van der Waals surface area contributed by atoms with Gasteiger partial charge in [-0.3, -0.25) is 9.59 Å². The van der Waals surface area contributed by atoms with E-state index in [1.165, 1.54) is 0 Å². The summed E-state index contributed by atoms with van der Waals surface area (Å²) >= 11 is 0. The third kappa shape index (κ3) is 1.61. The quantitative estimate of drug-likeness (QED) is 0.699. The van der Waals surface area contributed by atoms with Gasteiger partial charge in [-0.2, -0.15) is 0 Å². The maximum atomic E-state index is 11.4. The maximum absolute atomic E-state index is 11.4. The van der Waals surface area contributed by atoms with Crippen LogP contribution < -0.4 is 5.32 Å². The number of nitrogens with one attached hydrogen (secondary N) is 1. The summed E-state index contributed by atoms with van der Waals surface area (Å²) in [6.07, 6.45) is 4.46. The molecule has 2 fully saturated rings. The number of aliphatic carboxylic acids is 1. The van der Waals surface area contributed by atoms with Gasteiger partial charge in [0.25, 0.3) is 0 Å². The van der Waals surface area contributed by atoms with Gasteiger partial charge < -0.3 is 10.4 Å². The number of carboxylic acid groups (broad SMARTS) is 1. The van der Waals surface area contributed by atoms with Gasteiger partial charge in [0.2, 0.25) is 5.91 Å². The van der Waals surface area contributed by atoms with Crippen LogP contribution in [0.15, 0.2) is 0 Å². The lowest BCUT2D eigenvalue weighted by atomic mass is 9.84. The number of carbonyl (C=O) groups is 2. The van der Waals surface area contributed by atoms with Crippen molar-refractivity contribution in [3.63, 3.8) is 0 Å². The van der Waals surface area contributed by atoms with Gasteiger partial charge in [0, 0.05) is 12.5 Å². The van der Waals surface area contributed by atoms with Crippen LogP contribution in [0.2, 0.25) is 0 Å². The van der Waals surface area contributed by atoms with Crippen LogP contribution >= 0.6 is 0 Å². The molecule has 2 aliphatic rings. The van der Waals surface area contributed by atoms with Gasteiger partial charge in [0.1, 0.15) is 0 Å². The minimum atomic E-state index is -0.772. The van der Waals surface area contributed by atoms with E-state index in [-0.39, 0.29) is 11.8 Å². The minimum absolute atomic E-state index is 0.0452. The lowest BCUT2D eigenvalue weighted by molar-refractivity contribution is -0.143. The fourth-order valence-electron chi connectivity index (χ4n) is 1.69. The van der Waals surface area contributed by atoms with Crippen LogP contribution in [0.1, 0.15) is 32.1 Å². The Bertz CT molecular complexity index is 267. The van der Waals surface area contributed by atoms with Crippen molar-refractivity contribution < 1.29 is 14.7 Å². The molecule has 0 radical (unpaired) electrons. The highest BCUT2D eigenvalue weighted by molar-refractivity contribution is 5.82. The number of carboxylic acids is 1. The standard InChI is InChI=1S/C10H15NO3/c12-8(7-2-1-3-7)11-6-10(4-5-10)9(13)14/h7H,1-6H2,(H,11,12)(H,13,14). The minimum Gasteiger partial charge on any atom is -0.481 e. The fourth-order valence-corrected chi connectivity index (χ4v) is 1.69. The predicted octanol–water partition coefficient (Wildman–Crippen LogP) is 0.767. The Kier molecular flexibility index (Phi) is 2.21. The number of amides is 1. The zero-order valence-corrected chi connectivity index (χ0v) is 8.08. The molecule has 2 aliphatic carbocycles. The van der Waals surface area contributed by atoms with Crippen molar-refractivity contribution in [2.75, 3.05) is 6.54 Å². The second-order valence-electron chi connectivity index (χ2n) is 4.43. The van der Waals surface area contributed by atoms with Crippen LogP contribution in [0.5, 0.6) is 0 Å². The molecule has 2 N–H and O–H groups in total. The molecular weight excluding hydrogens is 182 g/mol. The monoisotopic (exact) mass is 197 g/mol. The summed E-state index contributed by atoms with van der Waals surface area (Å²) in [5, 5.41) is 11.6. The maximum Gasteiger partial charge on any atom is 0.311 e. The molecule has 2 rings (SSSR count). The van der Waals surface area contributed by atoms with Gasteiger partial charge >= 0.3 is 5.97 Å². The van der Waals surface area contributed by atoms with E-state index in [0.717, 1.165) is 19.3 Å². The first-order valence-electron chi connectivity index (χ1n) is 5.15. The molecule has 0 saturated heterocycles. The lowest BCUT2D eigenvalue weighted by Crippen LogP contribution is -2.39. The molecule has 0 aliphatic heterocycles. The molecule has 0 spiro atoms. The van der Waals surface area contributed by atoms with Gasteiger partial charge in [0.15, 0.2) is 0 Å². The summed E-state index contributed by atoms with van der Waals surface area (Å²) in [7, 11) is 0. The van der Waals surface area contributed by atoms with Crippen molar-refractivity contribution in [1.82, 2.24) is 5.32 Å². The van der Waals surface area contributed by atoms with Gasteiger partial charge in [0.05, 0.1) is 5.41 Å². The first kappa shape index (κ1) is 9.49. The molecule has 1 amide bonds. The molecule has 0 aromatic carbocycles. The van der Waals surface area contributed by atoms with E-state index in [4.69, 9.17) is 5.11 Å². The Morgan fingerprint density at radius 3 is 2.36 bits per heavy atom. The molecule has 0 unspecified atom stereocenters. The summed E-state index contributed by atoms with van der Waals surface area (Å²) in [4.78, 5) is 22.2. The Hall–Kier alpha value is -1.06. The largest absolute Gasteiger partial charge is 0.481 e. The third-order valence-corrected chi connectivity index (χ3v) is 3.38. The van der Waals surface area contributed by atoms with E-state index in [0.29, 0.717) is 19.4 Å². The molecular formula is C10H15NO3. The van der Waals surface area contributed by atoms with E-state index < -0.39 is 11.4 Å². The SMILES string of the molecule is O=C(NCC1(C(=O)O)CC1)C1CCC1. The molecule has 0 aromatic rings. The molecule has 0 atom stereocenters. The van der Waals surface area contributed by atoms with E-state index in [2.05, 4.69) is 5.32 Å². The van der Waals surface area contributed by atoms with Crippen LogP contribution in [0.25, 0.3) is 0 Å². The van der Waals surface area contributed by atoms with Gasteiger partial charge in [-0.25, -0.2) is 0 Å². The zero-order chi connectivity index (χ0) is 10.2. The van der Waals surface area contributed by atoms with Crippen LogP contribution in [0, 0.1) is 11.3 Å². The third-order valence-electron chi connectivity index (χ3n) is 3.38. The molecule has 14 heavy (non-hydrogen) atoms.